The van der Waals surface area contributed by atoms with Crippen LogP contribution in [-0.2, 0) is 24.9 Å². The summed E-state index contributed by atoms with van der Waals surface area (Å²) in [5.41, 5.74) is 0. The number of hydrogen-bond donors (Lipinski definition) is 0. The van der Waals surface area contributed by atoms with E-state index in [1.165, 1.54) is 25.6 Å². The molecule has 0 amide bonds. The van der Waals surface area contributed by atoms with Gasteiger partial charge in [-0.3, -0.25) is 4.18 Å². The highest BCUT2D eigenvalue weighted by Crippen LogP contribution is 1.82. The molecule has 0 aliphatic rings. The van der Waals surface area contributed by atoms with Crippen LogP contribution in [0.3, 0.4) is 0 Å². The molecule has 0 bridgehead atoms. The largest absolute Gasteiger partial charge is 0.507 e. The van der Waals surface area contributed by atoms with Crippen LogP contribution in [0.25, 0.3) is 0 Å². The van der Waals surface area contributed by atoms with Gasteiger partial charge < -0.3 is 9.47 Å². The molecule has 13 heavy (non-hydrogen) atoms. The van der Waals surface area contributed by atoms with E-state index >= 15 is 0 Å². The van der Waals surface area contributed by atoms with Crippen molar-refractivity contribution < 1.29 is 22.7 Å². The van der Waals surface area contributed by atoms with Gasteiger partial charge in [0.2, 0.25) is 11.3 Å². The van der Waals surface area contributed by atoms with Crippen molar-refractivity contribution in [3.05, 3.63) is 0 Å². The lowest BCUT2D eigenvalue weighted by Gasteiger charge is -2.03. The van der Waals surface area contributed by atoms with Crippen molar-refractivity contribution in [2.24, 2.45) is 0 Å². The molecule has 0 rings (SSSR count). The summed E-state index contributed by atoms with van der Waals surface area (Å²) in [6.45, 7) is 0. The second kappa shape index (κ2) is 9.43. The normalized spacial score (nSPS) is 11.2. The van der Waals surface area contributed by atoms with Gasteiger partial charge in [0.25, 0.3) is 0 Å². The maximum atomic E-state index is 10.3. The highest BCUT2D eigenvalue weighted by Gasteiger charge is 1.95. The maximum Gasteiger partial charge on any atom is 0.507 e. The Morgan fingerprint density at radius 3 is 1.54 bits per heavy atom. The van der Waals surface area contributed by atoms with Gasteiger partial charge in [-0.2, -0.15) is 0 Å². The van der Waals surface area contributed by atoms with Gasteiger partial charge in [0.1, 0.15) is 0 Å². The molecule has 0 aromatic heterocycles. The SMILES string of the molecule is COC(=O)OC.COS(=O)N(C)C. The third-order valence-corrected chi connectivity index (χ3v) is 1.66. The van der Waals surface area contributed by atoms with Crippen molar-refractivity contribution in [3.63, 3.8) is 0 Å². The van der Waals surface area contributed by atoms with E-state index in [4.69, 9.17) is 0 Å². The van der Waals surface area contributed by atoms with Gasteiger partial charge >= 0.3 is 6.16 Å². The Balaban J connectivity index is 0. The molecule has 80 valence electrons. The smallest absolute Gasteiger partial charge is 0.438 e. The Labute approximate surface area is 80.6 Å². The number of nitrogens with zero attached hydrogens (tertiary/aromatic N) is 1. The van der Waals surface area contributed by atoms with Crippen molar-refractivity contribution >= 4 is 17.4 Å². The van der Waals surface area contributed by atoms with Crippen LogP contribution in [0.1, 0.15) is 0 Å². The number of carbonyl (C=O) groups is 1. The fourth-order valence-corrected chi connectivity index (χ4v) is 0.531. The lowest BCUT2D eigenvalue weighted by atomic mass is 11.3. The van der Waals surface area contributed by atoms with Crippen LogP contribution in [0, 0.1) is 0 Å². The van der Waals surface area contributed by atoms with Gasteiger partial charge in [0, 0.05) is 14.1 Å². The van der Waals surface area contributed by atoms with E-state index in [9.17, 15) is 9.00 Å². The Morgan fingerprint density at radius 1 is 1.15 bits per heavy atom. The van der Waals surface area contributed by atoms with Gasteiger partial charge in [-0.1, -0.05) is 0 Å². The maximum absolute atomic E-state index is 10.3. The van der Waals surface area contributed by atoms with Gasteiger partial charge in [0.05, 0.1) is 21.3 Å². The first-order chi connectivity index (χ1) is 5.99. The molecule has 0 saturated heterocycles. The van der Waals surface area contributed by atoms with Crippen molar-refractivity contribution in [2.45, 2.75) is 0 Å². The Hall–Kier alpha value is -0.660. The van der Waals surface area contributed by atoms with Crippen LogP contribution in [0.15, 0.2) is 0 Å². The van der Waals surface area contributed by atoms with Gasteiger partial charge in [-0.25, -0.2) is 13.3 Å². The standard InChI is InChI=1S/C3H9NO2S.C3H6O3/c1-4(2)7(5)6-3;1-5-3(4)6-2/h1-3H3;1-2H3. The van der Waals surface area contributed by atoms with Crippen LogP contribution in [0.5, 0.6) is 0 Å². The molecule has 0 N–H and O–H groups in total. The summed E-state index contributed by atoms with van der Waals surface area (Å²) in [6.07, 6.45) is -0.657. The Morgan fingerprint density at radius 2 is 1.54 bits per heavy atom. The highest BCUT2D eigenvalue weighted by molar-refractivity contribution is 7.77. The average Bonchev–Trinajstić information content (AvgIpc) is 2.16. The summed E-state index contributed by atoms with van der Waals surface area (Å²) in [4.78, 5) is 9.74. The quantitative estimate of drug-likeness (QED) is 0.612. The first kappa shape index (κ1) is 14.8. The van der Waals surface area contributed by atoms with Crippen molar-refractivity contribution in [2.75, 3.05) is 35.4 Å². The summed E-state index contributed by atoms with van der Waals surface area (Å²) < 4.78 is 24.3. The molecular weight excluding hydrogens is 198 g/mol. The minimum Gasteiger partial charge on any atom is -0.438 e. The third kappa shape index (κ3) is 11.3. The second-order valence-electron chi connectivity index (χ2n) is 1.85. The summed E-state index contributed by atoms with van der Waals surface area (Å²) in [5.74, 6) is 0. The molecule has 0 aromatic carbocycles. The minimum absolute atomic E-state index is 0.657. The fraction of sp³-hybridized carbons (Fsp3) is 0.833. The summed E-state index contributed by atoms with van der Waals surface area (Å²) in [7, 11) is 7.27. The van der Waals surface area contributed by atoms with E-state index in [0.29, 0.717) is 0 Å². The van der Waals surface area contributed by atoms with Crippen LogP contribution >= 0.6 is 0 Å². The Bertz CT molecular complexity index is 155. The molecule has 0 saturated carbocycles. The van der Waals surface area contributed by atoms with Crippen LogP contribution in [0.4, 0.5) is 4.79 Å². The van der Waals surface area contributed by atoms with E-state index in [1.807, 2.05) is 0 Å². The molecule has 7 heteroatoms. The fourth-order valence-electron chi connectivity index (χ4n) is 0.232. The van der Waals surface area contributed by atoms with Crippen LogP contribution in [0.2, 0.25) is 0 Å². The molecule has 6 nitrogen and oxygen atoms in total. The first-order valence-corrected chi connectivity index (χ1v) is 4.28. The van der Waals surface area contributed by atoms with Crippen molar-refractivity contribution in [3.8, 4) is 0 Å². The first-order valence-electron chi connectivity index (χ1n) is 3.25. The number of ether oxygens (including phenoxy) is 2. The molecule has 0 aliphatic carbocycles. The lowest BCUT2D eigenvalue weighted by molar-refractivity contribution is 0.0924. The molecule has 0 fully saturated rings. The zero-order valence-electron chi connectivity index (χ0n) is 8.40. The van der Waals surface area contributed by atoms with Crippen molar-refractivity contribution in [1.29, 1.82) is 0 Å². The molecule has 0 aromatic rings. The van der Waals surface area contributed by atoms with Crippen LogP contribution < -0.4 is 0 Å². The number of carbonyl (C=O) groups excluding carboxylic acids is 1. The van der Waals surface area contributed by atoms with E-state index in [1.54, 1.807) is 14.1 Å². The van der Waals surface area contributed by atoms with E-state index in [0.717, 1.165) is 0 Å². The van der Waals surface area contributed by atoms with E-state index < -0.39 is 17.4 Å². The zero-order chi connectivity index (χ0) is 10.9. The molecule has 0 heterocycles. The monoisotopic (exact) mass is 213 g/mol. The summed E-state index contributed by atoms with van der Waals surface area (Å²) >= 11 is -1.25. The van der Waals surface area contributed by atoms with Gasteiger partial charge in [-0.15, -0.1) is 0 Å². The predicted molar refractivity (Wildman–Crippen MR) is 48.3 cm³/mol. The number of rotatable bonds is 2. The van der Waals surface area contributed by atoms with Crippen LogP contribution in [-0.4, -0.2) is 50.1 Å². The third-order valence-electron chi connectivity index (χ3n) is 0.774. The molecule has 0 spiro atoms. The minimum atomic E-state index is -1.25. The zero-order valence-corrected chi connectivity index (χ0v) is 9.21. The van der Waals surface area contributed by atoms with E-state index in [-0.39, 0.29) is 0 Å². The molecule has 0 radical (unpaired) electrons. The predicted octanol–water partition coefficient (Wildman–Crippen LogP) is 0.172. The molecule has 0 aliphatic heterocycles. The summed E-state index contributed by atoms with van der Waals surface area (Å²) in [6, 6.07) is 0. The summed E-state index contributed by atoms with van der Waals surface area (Å²) in [5, 5.41) is 0. The van der Waals surface area contributed by atoms with Gasteiger partial charge in [0.15, 0.2) is 0 Å². The second-order valence-corrected chi connectivity index (χ2v) is 3.35. The molecule has 1 unspecified atom stereocenters. The topological polar surface area (TPSA) is 65.1 Å². The highest BCUT2D eigenvalue weighted by atomic mass is 32.2. The average molecular weight is 213 g/mol. The number of methoxy groups -OCH3 is 2. The molecular formula is C6H15NO5S. The van der Waals surface area contributed by atoms with Gasteiger partial charge in [-0.05, 0) is 0 Å². The lowest BCUT2D eigenvalue weighted by Crippen LogP contribution is -2.15. The van der Waals surface area contributed by atoms with Crippen molar-refractivity contribution in [1.82, 2.24) is 4.31 Å². The van der Waals surface area contributed by atoms with E-state index in [2.05, 4.69) is 13.7 Å². The number of hydrogen-bond acceptors (Lipinski definition) is 5. The Kier molecular flexibility index (Phi) is 10.8. The molecule has 1 atom stereocenters.